The van der Waals surface area contributed by atoms with Crippen molar-refractivity contribution in [3.8, 4) is 10.6 Å². The smallest absolute Gasteiger partial charge is 0.389 e. The summed E-state index contributed by atoms with van der Waals surface area (Å²) < 4.78 is 74.3. The number of amides is 1. The van der Waals surface area contributed by atoms with E-state index in [0.717, 1.165) is 54.3 Å². The maximum Gasteiger partial charge on any atom is 0.420 e. The molecular formula is C31H34F3N5O5S2. The first-order valence-electron chi connectivity index (χ1n) is 15.2. The highest BCUT2D eigenvalue weighted by Gasteiger charge is 2.41. The molecule has 46 heavy (non-hydrogen) atoms. The molecule has 1 aliphatic carbocycles. The first-order valence-corrected chi connectivity index (χ1v) is 17.7. The molecule has 246 valence electrons. The number of aliphatic hydroxyl groups is 1. The lowest BCUT2D eigenvalue weighted by atomic mass is 9.93. The monoisotopic (exact) mass is 677 g/mol. The second-order valence-electron chi connectivity index (χ2n) is 13.1. The Morgan fingerprint density at radius 3 is 2.54 bits per heavy atom. The third-order valence-corrected chi connectivity index (χ3v) is 11.8. The minimum atomic E-state index is -4.83. The van der Waals surface area contributed by atoms with E-state index < -0.39 is 38.8 Å². The van der Waals surface area contributed by atoms with Crippen molar-refractivity contribution in [3.05, 3.63) is 51.5 Å². The maximum absolute atomic E-state index is 14.3. The number of nitrogens with one attached hydrogen (secondary N) is 1. The Balaban J connectivity index is 1.25. The van der Waals surface area contributed by atoms with E-state index in [-0.39, 0.29) is 52.2 Å². The van der Waals surface area contributed by atoms with Crippen LogP contribution < -0.4 is 5.32 Å². The van der Waals surface area contributed by atoms with Gasteiger partial charge >= 0.3 is 6.18 Å². The predicted molar refractivity (Wildman–Crippen MR) is 165 cm³/mol. The van der Waals surface area contributed by atoms with Crippen molar-refractivity contribution in [2.24, 2.45) is 0 Å². The van der Waals surface area contributed by atoms with Crippen LogP contribution in [0.4, 0.5) is 24.8 Å². The van der Waals surface area contributed by atoms with Gasteiger partial charge in [-0.2, -0.15) is 13.2 Å². The standard InChI is InChI=1S/C31H34F3N5O5S2/c1-30(2,41)16-38-6-5-18-10-23(21(17-3-4-17)9-19(18)13-38)36-29-35-12-22(31(32,33)34)26(37-29)24-11-25-27(45-24)28(40)39(20-14-44-15-20)7-8-46(25,42)43/h9-12,17,20,41H,3-8,13-16H2,1-2H3,(H,35,36,37). The molecule has 3 aromatic rings. The molecule has 0 unspecified atom stereocenters. The molecule has 2 aromatic heterocycles. The number of halogens is 3. The Bertz CT molecular complexity index is 1810. The minimum Gasteiger partial charge on any atom is -0.389 e. The van der Waals surface area contributed by atoms with E-state index in [9.17, 15) is 31.5 Å². The number of hydrogen-bond acceptors (Lipinski definition) is 10. The Hall–Kier alpha value is -3.11. The number of β-amino-alcohol motifs (C(OH)–C–C–N with tert-alkyl or cyclic N) is 1. The maximum atomic E-state index is 14.3. The number of ether oxygens (including phenoxy) is 1. The van der Waals surface area contributed by atoms with Gasteiger partial charge in [0, 0.05) is 38.1 Å². The van der Waals surface area contributed by atoms with Crippen molar-refractivity contribution < 1.29 is 36.2 Å². The SMILES string of the molecule is CC(C)(O)CN1CCc2cc(Nc3ncc(C(F)(F)F)c(-c4cc5c(s4)C(=O)N(C4COC4)CCS5(=O)=O)n3)c(C3CC3)cc2C1. The molecule has 0 radical (unpaired) electrons. The van der Waals surface area contributed by atoms with Gasteiger partial charge in [0.2, 0.25) is 5.95 Å². The van der Waals surface area contributed by atoms with Crippen molar-refractivity contribution in [3.63, 3.8) is 0 Å². The number of anilines is 2. The molecular weight excluding hydrogens is 643 g/mol. The number of aromatic nitrogens is 2. The largest absolute Gasteiger partial charge is 0.420 e. The zero-order valence-corrected chi connectivity index (χ0v) is 27.0. The van der Waals surface area contributed by atoms with Crippen LogP contribution in [0.15, 0.2) is 29.3 Å². The summed E-state index contributed by atoms with van der Waals surface area (Å²) in [5.74, 6) is -0.625. The number of thiophene rings is 1. The van der Waals surface area contributed by atoms with Gasteiger partial charge in [-0.1, -0.05) is 6.07 Å². The summed E-state index contributed by atoms with van der Waals surface area (Å²) in [4.78, 5) is 24.9. The quantitative estimate of drug-likeness (QED) is 0.369. The number of alkyl halides is 3. The van der Waals surface area contributed by atoms with E-state index >= 15 is 0 Å². The van der Waals surface area contributed by atoms with E-state index in [1.54, 1.807) is 13.8 Å². The van der Waals surface area contributed by atoms with Gasteiger partial charge in [-0.25, -0.2) is 18.4 Å². The highest BCUT2D eigenvalue weighted by Crippen LogP contribution is 2.46. The zero-order valence-electron chi connectivity index (χ0n) is 25.4. The predicted octanol–water partition coefficient (Wildman–Crippen LogP) is 4.60. The molecule has 7 rings (SSSR count). The van der Waals surface area contributed by atoms with Gasteiger partial charge in [-0.3, -0.25) is 9.69 Å². The molecule has 2 fully saturated rings. The van der Waals surface area contributed by atoms with E-state index in [2.05, 4.69) is 26.3 Å². The number of carbonyl (C=O) groups is 1. The molecule has 2 N–H and O–H groups in total. The van der Waals surface area contributed by atoms with E-state index in [1.807, 2.05) is 6.07 Å². The topological polar surface area (TPSA) is 125 Å². The Morgan fingerprint density at radius 2 is 1.89 bits per heavy atom. The van der Waals surface area contributed by atoms with Gasteiger partial charge in [0.05, 0.1) is 46.1 Å². The first-order chi connectivity index (χ1) is 21.7. The summed E-state index contributed by atoms with van der Waals surface area (Å²) in [5, 5.41) is 13.5. The Labute approximate surface area is 268 Å². The normalized spacial score (nSPS) is 20.6. The molecule has 5 heterocycles. The number of rotatable bonds is 7. The lowest BCUT2D eigenvalue weighted by Gasteiger charge is -2.36. The van der Waals surface area contributed by atoms with Crippen LogP contribution in [-0.4, -0.2) is 89.4 Å². The van der Waals surface area contributed by atoms with Crippen LogP contribution in [0.25, 0.3) is 10.6 Å². The van der Waals surface area contributed by atoms with Crippen LogP contribution >= 0.6 is 11.3 Å². The Kier molecular flexibility index (Phi) is 7.70. The molecule has 0 atom stereocenters. The first kappa shape index (κ1) is 31.5. The molecule has 1 saturated heterocycles. The number of fused-ring (bicyclic) bond motifs is 2. The summed E-state index contributed by atoms with van der Waals surface area (Å²) in [6.45, 7) is 6.11. The lowest BCUT2D eigenvalue weighted by molar-refractivity contribution is -0.137. The van der Waals surface area contributed by atoms with Crippen LogP contribution in [0.5, 0.6) is 0 Å². The number of nitrogens with zero attached hydrogens (tertiary/aromatic N) is 4. The molecule has 15 heteroatoms. The molecule has 0 spiro atoms. The van der Waals surface area contributed by atoms with Crippen molar-refractivity contribution in [1.29, 1.82) is 0 Å². The van der Waals surface area contributed by atoms with Gasteiger partial charge in [0.25, 0.3) is 5.91 Å². The molecule has 1 aromatic carbocycles. The van der Waals surface area contributed by atoms with Crippen LogP contribution in [-0.2, 0) is 33.7 Å². The minimum absolute atomic E-state index is 0.0111. The van der Waals surface area contributed by atoms with Crippen LogP contribution in [0.2, 0.25) is 0 Å². The fourth-order valence-electron chi connectivity index (χ4n) is 6.35. The fraction of sp³-hybridized carbons (Fsp3) is 0.516. The van der Waals surface area contributed by atoms with Crippen molar-refractivity contribution in [1.82, 2.24) is 19.8 Å². The highest BCUT2D eigenvalue weighted by molar-refractivity contribution is 7.91. The molecule has 4 aliphatic rings. The number of carbonyl (C=O) groups excluding carboxylic acids is 1. The van der Waals surface area contributed by atoms with Crippen molar-refractivity contribution in [2.45, 2.75) is 68.3 Å². The van der Waals surface area contributed by atoms with Crippen LogP contribution in [0.3, 0.4) is 0 Å². The molecule has 0 bridgehead atoms. The second kappa shape index (κ2) is 11.3. The summed E-state index contributed by atoms with van der Waals surface area (Å²) in [6, 6.07) is 5.02. The second-order valence-corrected chi connectivity index (χ2v) is 16.3. The zero-order chi connectivity index (χ0) is 32.6. The van der Waals surface area contributed by atoms with Crippen LogP contribution in [0.1, 0.15) is 64.5 Å². The van der Waals surface area contributed by atoms with Gasteiger partial charge in [0.1, 0.15) is 10.4 Å². The summed E-state index contributed by atoms with van der Waals surface area (Å²) in [5.41, 5.74) is 1.60. The average molecular weight is 678 g/mol. The van der Waals surface area contributed by atoms with E-state index in [4.69, 9.17) is 4.74 Å². The van der Waals surface area contributed by atoms with Crippen LogP contribution in [0, 0.1) is 0 Å². The highest BCUT2D eigenvalue weighted by atomic mass is 32.2. The number of hydrogen-bond donors (Lipinski definition) is 2. The van der Waals surface area contributed by atoms with E-state index in [1.165, 1.54) is 4.90 Å². The van der Waals surface area contributed by atoms with E-state index in [0.29, 0.717) is 36.5 Å². The fourth-order valence-corrected chi connectivity index (χ4v) is 9.27. The summed E-state index contributed by atoms with van der Waals surface area (Å²) >= 11 is 0.702. The van der Waals surface area contributed by atoms with Crippen molar-refractivity contribution in [2.75, 3.05) is 43.9 Å². The molecule has 10 nitrogen and oxygen atoms in total. The van der Waals surface area contributed by atoms with Gasteiger partial charge in [-0.05, 0) is 67.9 Å². The average Bonchev–Trinajstić information content (AvgIpc) is 3.69. The molecule has 3 aliphatic heterocycles. The van der Waals surface area contributed by atoms with Gasteiger partial charge in [0.15, 0.2) is 9.84 Å². The molecule has 1 amide bonds. The van der Waals surface area contributed by atoms with Crippen molar-refractivity contribution >= 4 is 38.7 Å². The number of sulfone groups is 1. The van der Waals surface area contributed by atoms with Gasteiger partial charge in [-0.15, -0.1) is 11.3 Å². The Morgan fingerprint density at radius 1 is 1.13 bits per heavy atom. The third kappa shape index (κ3) is 6.15. The lowest BCUT2D eigenvalue weighted by Crippen LogP contribution is -2.52. The third-order valence-electron chi connectivity index (χ3n) is 8.82. The summed E-state index contributed by atoms with van der Waals surface area (Å²) in [7, 11) is -3.94. The summed E-state index contributed by atoms with van der Waals surface area (Å²) in [6.07, 6.45) is -1.39. The van der Waals surface area contributed by atoms with Gasteiger partial charge < -0.3 is 20.1 Å². The molecule has 1 saturated carbocycles. The number of benzene rings is 1.